The lowest BCUT2D eigenvalue weighted by Gasteiger charge is -2.28. The highest BCUT2D eigenvalue weighted by Gasteiger charge is 2.33. The molecule has 2 aromatic carbocycles. The van der Waals surface area contributed by atoms with E-state index in [0.29, 0.717) is 28.0 Å². The minimum atomic E-state index is -0.448. The molecule has 32 heavy (non-hydrogen) atoms. The van der Waals surface area contributed by atoms with Crippen LogP contribution in [0.5, 0.6) is 5.75 Å². The first-order valence-electron chi connectivity index (χ1n) is 10.4. The molecule has 166 valence electrons. The lowest BCUT2D eigenvalue weighted by atomic mass is 9.86. The molecular weight excluding hydrogens is 429 g/mol. The number of benzene rings is 2. The Bertz CT molecular complexity index is 1210. The molecule has 0 saturated carbocycles. The van der Waals surface area contributed by atoms with Gasteiger partial charge in [-0.15, -0.1) is 0 Å². The molecule has 1 aromatic heterocycles. The Balaban J connectivity index is 1.72. The number of hydrogen-bond acceptors (Lipinski definition) is 5. The fourth-order valence-corrected chi connectivity index (χ4v) is 4.71. The Morgan fingerprint density at radius 2 is 1.91 bits per heavy atom. The van der Waals surface area contributed by atoms with E-state index in [1.807, 2.05) is 38.1 Å². The van der Waals surface area contributed by atoms with Gasteiger partial charge in [0.1, 0.15) is 17.4 Å². The lowest BCUT2D eigenvalue weighted by molar-refractivity contribution is -0.116. The third-order valence-electron chi connectivity index (χ3n) is 5.24. The van der Waals surface area contributed by atoms with Crippen LogP contribution in [0.1, 0.15) is 42.9 Å². The summed E-state index contributed by atoms with van der Waals surface area (Å²) in [6.45, 7) is 3.87. The van der Waals surface area contributed by atoms with Crippen molar-refractivity contribution in [1.29, 1.82) is 0 Å². The van der Waals surface area contributed by atoms with Crippen LogP contribution in [0.15, 0.2) is 58.5 Å². The number of nitrogens with zero attached hydrogens (tertiary/aromatic N) is 2. The van der Waals surface area contributed by atoms with Gasteiger partial charge in [0.15, 0.2) is 5.16 Å². The average molecular weight is 454 g/mol. The van der Waals surface area contributed by atoms with E-state index < -0.39 is 5.92 Å². The van der Waals surface area contributed by atoms with Gasteiger partial charge in [0.25, 0.3) is 5.56 Å². The van der Waals surface area contributed by atoms with Crippen LogP contribution in [-0.4, -0.2) is 21.6 Å². The summed E-state index contributed by atoms with van der Waals surface area (Å²) in [4.78, 5) is 30.1. The number of amides is 1. The summed E-state index contributed by atoms with van der Waals surface area (Å²) in [6.07, 6.45) is 0.101. The van der Waals surface area contributed by atoms with E-state index in [1.165, 1.54) is 23.9 Å². The molecule has 4 rings (SSSR count). The van der Waals surface area contributed by atoms with Crippen molar-refractivity contribution in [2.45, 2.75) is 43.2 Å². The lowest BCUT2D eigenvalue weighted by Crippen LogP contribution is -2.33. The number of carbonyl (C=O) groups excluding carboxylic acids is 1. The number of ether oxygens (including phenoxy) is 1. The standard InChI is InChI=1S/C24H24FN3O3S/c1-14(2)31-19-7-5-4-6-17(19)18-12-20(29)26-22-21(18)23(30)27-24(28(22)3)32-13-15-8-10-16(25)11-9-15/h4-11,14,18H,12-13H2,1-3H3,(H,26,29)/t18-/m1/s1. The van der Waals surface area contributed by atoms with E-state index in [0.717, 1.165) is 11.1 Å². The Hall–Kier alpha value is -3.13. The Kier molecular flexibility index (Phi) is 6.32. The minimum Gasteiger partial charge on any atom is -0.491 e. The molecule has 1 aliphatic rings. The fourth-order valence-electron chi connectivity index (χ4n) is 3.79. The van der Waals surface area contributed by atoms with E-state index in [-0.39, 0.29) is 29.8 Å². The number of hydrogen-bond donors (Lipinski definition) is 1. The summed E-state index contributed by atoms with van der Waals surface area (Å²) in [5.74, 6) is 0.709. The summed E-state index contributed by atoms with van der Waals surface area (Å²) in [7, 11) is 1.78. The zero-order valence-electron chi connectivity index (χ0n) is 18.1. The topological polar surface area (TPSA) is 73.2 Å². The third-order valence-corrected chi connectivity index (χ3v) is 6.34. The first kappa shape index (κ1) is 22.1. The van der Waals surface area contributed by atoms with E-state index in [2.05, 4.69) is 10.3 Å². The van der Waals surface area contributed by atoms with Gasteiger partial charge in [-0.1, -0.05) is 42.1 Å². The zero-order valence-corrected chi connectivity index (χ0v) is 18.9. The second-order valence-corrected chi connectivity index (χ2v) is 8.89. The van der Waals surface area contributed by atoms with Crippen molar-refractivity contribution in [3.05, 3.63) is 81.4 Å². The number of anilines is 1. The third kappa shape index (κ3) is 4.55. The number of para-hydroxylation sites is 1. The minimum absolute atomic E-state index is 0.0424. The van der Waals surface area contributed by atoms with Gasteiger partial charge >= 0.3 is 0 Å². The van der Waals surface area contributed by atoms with Crippen molar-refractivity contribution in [1.82, 2.24) is 9.55 Å². The molecule has 0 unspecified atom stereocenters. The number of thioether (sulfide) groups is 1. The summed E-state index contributed by atoms with van der Waals surface area (Å²) in [5.41, 5.74) is 1.79. The number of nitrogens with one attached hydrogen (secondary N) is 1. The number of halogens is 1. The predicted molar refractivity (Wildman–Crippen MR) is 123 cm³/mol. The summed E-state index contributed by atoms with van der Waals surface area (Å²) in [5, 5.41) is 3.33. The quantitative estimate of drug-likeness (QED) is 0.440. The average Bonchev–Trinajstić information content (AvgIpc) is 2.75. The molecule has 6 nitrogen and oxygen atoms in total. The molecule has 0 saturated heterocycles. The number of carbonyl (C=O) groups is 1. The molecule has 1 atom stereocenters. The molecule has 0 fully saturated rings. The molecule has 1 amide bonds. The van der Waals surface area contributed by atoms with Gasteiger partial charge in [0, 0.05) is 30.7 Å². The Morgan fingerprint density at radius 1 is 1.19 bits per heavy atom. The molecule has 2 heterocycles. The Labute approximate surface area is 189 Å². The van der Waals surface area contributed by atoms with Crippen LogP contribution in [0.4, 0.5) is 10.2 Å². The van der Waals surface area contributed by atoms with Crippen molar-refractivity contribution in [2.24, 2.45) is 7.05 Å². The van der Waals surface area contributed by atoms with Crippen LogP contribution in [0.25, 0.3) is 0 Å². The van der Waals surface area contributed by atoms with Crippen molar-refractivity contribution in [2.75, 3.05) is 5.32 Å². The van der Waals surface area contributed by atoms with Gasteiger partial charge < -0.3 is 14.6 Å². The summed E-state index contributed by atoms with van der Waals surface area (Å²) >= 11 is 1.36. The number of aromatic nitrogens is 2. The van der Waals surface area contributed by atoms with E-state index in [4.69, 9.17) is 4.74 Å². The van der Waals surface area contributed by atoms with Gasteiger partial charge in [-0.3, -0.25) is 9.59 Å². The number of fused-ring (bicyclic) bond motifs is 1. The molecule has 0 bridgehead atoms. The van der Waals surface area contributed by atoms with Crippen LogP contribution in [0, 0.1) is 5.82 Å². The second kappa shape index (κ2) is 9.16. The number of rotatable bonds is 6. The van der Waals surface area contributed by atoms with Crippen LogP contribution in [0.3, 0.4) is 0 Å². The van der Waals surface area contributed by atoms with Crippen molar-refractivity contribution in [3.8, 4) is 5.75 Å². The van der Waals surface area contributed by atoms with Crippen molar-refractivity contribution in [3.63, 3.8) is 0 Å². The second-order valence-electron chi connectivity index (χ2n) is 7.95. The van der Waals surface area contributed by atoms with Gasteiger partial charge in [-0.25, -0.2) is 4.39 Å². The van der Waals surface area contributed by atoms with Gasteiger partial charge in [-0.05, 0) is 37.6 Å². The van der Waals surface area contributed by atoms with Crippen molar-refractivity contribution < 1.29 is 13.9 Å². The monoisotopic (exact) mass is 453 g/mol. The normalized spacial score (nSPS) is 15.4. The molecular formula is C24H24FN3O3S. The van der Waals surface area contributed by atoms with Crippen LogP contribution < -0.4 is 15.6 Å². The highest BCUT2D eigenvalue weighted by Crippen LogP contribution is 2.39. The first-order valence-corrected chi connectivity index (χ1v) is 11.4. The highest BCUT2D eigenvalue weighted by molar-refractivity contribution is 7.98. The molecule has 0 spiro atoms. The SMILES string of the molecule is CC(C)Oc1ccccc1[C@H]1CC(=O)Nc2c1c(=O)nc(SCc1ccc(F)cc1)n2C. The summed E-state index contributed by atoms with van der Waals surface area (Å²) in [6, 6.07) is 13.7. The Morgan fingerprint density at radius 3 is 2.62 bits per heavy atom. The van der Waals surface area contributed by atoms with Gasteiger partial charge in [0.2, 0.25) is 5.91 Å². The van der Waals surface area contributed by atoms with Gasteiger partial charge in [-0.2, -0.15) is 4.98 Å². The molecule has 1 aliphatic heterocycles. The molecule has 0 aliphatic carbocycles. The van der Waals surface area contributed by atoms with E-state index >= 15 is 0 Å². The van der Waals surface area contributed by atoms with Gasteiger partial charge in [0.05, 0.1) is 11.7 Å². The molecule has 3 aromatic rings. The maximum atomic E-state index is 13.2. The maximum Gasteiger partial charge on any atom is 0.279 e. The van der Waals surface area contributed by atoms with E-state index in [9.17, 15) is 14.0 Å². The molecule has 8 heteroatoms. The van der Waals surface area contributed by atoms with E-state index in [1.54, 1.807) is 23.7 Å². The predicted octanol–water partition coefficient (Wildman–Crippen LogP) is 4.47. The smallest absolute Gasteiger partial charge is 0.279 e. The maximum absolute atomic E-state index is 13.2. The highest BCUT2D eigenvalue weighted by atomic mass is 32.2. The largest absolute Gasteiger partial charge is 0.491 e. The van der Waals surface area contributed by atoms with Crippen LogP contribution >= 0.6 is 11.8 Å². The van der Waals surface area contributed by atoms with Crippen LogP contribution in [0.2, 0.25) is 0 Å². The fraction of sp³-hybridized carbons (Fsp3) is 0.292. The molecule has 0 radical (unpaired) electrons. The van der Waals surface area contributed by atoms with Crippen molar-refractivity contribution >= 4 is 23.5 Å². The first-order chi connectivity index (χ1) is 15.3. The molecule has 1 N–H and O–H groups in total. The zero-order chi connectivity index (χ0) is 22.8. The van der Waals surface area contributed by atoms with Crippen LogP contribution in [-0.2, 0) is 17.6 Å². The summed E-state index contributed by atoms with van der Waals surface area (Å²) < 4.78 is 20.8.